The van der Waals surface area contributed by atoms with Gasteiger partial charge in [0.15, 0.2) is 0 Å². The van der Waals surface area contributed by atoms with E-state index >= 15 is 0 Å². The Balaban J connectivity index is 1.79. The number of hydrogen-bond acceptors (Lipinski definition) is 3. The van der Waals surface area contributed by atoms with Crippen LogP contribution in [0.25, 0.3) is 0 Å². The Morgan fingerprint density at radius 1 is 1.20 bits per heavy atom. The highest BCUT2D eigenvalue weighted by atomic mass is 16.5. The van der Waals surface area contributed by atoms with Gasteiger partial charge in [0.05, 0.1) is 19.3 Å². The van der Waals surface area contributed by atoms with Crippen LogP contribution < -0.4 is 10.1 Å². The van der Waals surface area contributed by atoms with Crippen LogP contribution in [0.4, 0.5) is 0 Å². The number of hydrogen-bond donors (Lipinski definition) is 1. The first-order chi connectivity index (χ1) is 9.61. The van der Waals surface area contributed by atoms with Crippen LogP contribution in [0.1, 0.15) is 22.8 Å². The average molecular weight is 273 g/mol. The number of ether oxygens (including phenoxy) is 1. The predicted octanol–water partition coefficient (Wildman–Crippen LogP) is 2.38. The summed E-state index contributed by atoms with van der Waals surface area (Å²) >= 11 is 0. The molecule has 0 radical (unpaired) electrons. The van der Waals surface area contributed by atoms with Crippen LogP contribution in [0.5, 0.6) is 5.75 Å². The van der Waals surface area contributed by atoms with Crippen molar-refractivity contribution >= 4 is 0 Å². The van der Waals surface area contributed by atoms with Gasteiger partial charge in [0, 0.05) is 12.7 Å². The summed E-state index contributed by atoms with van der Waals surface area (Å²) in [6.45, 7) is 5.90. The first-order valence-electron chi connectivity index (χ1n) is 6.94. The maximum Gasteiger partial charge on any atom is 0.122 e. The van der Waals surface area contributed by atoms with Gasteiger partial charge in [-0.1, -0.05) is 12.1 Å². The molecule has 0 saturated heterocycles. The molecule has 0 amide bonds. The van der Waals surface area contributed by atoms with Crippen LogP contribution in [0.3, 0.4) is 0 Å². The molecule has 2 aromatic rings. The highest BCUT2D eigenvalue weighted by Gasteiger charge is 2.06. The summed E-state index contributed by atoms with van der Waals surface area (Å²) in [5.41, 5.74) is 3.65. The van der Waals surface area contributed by atoms with E-state index < -0.39 is 0 Å². The van der Waals surface area contributed by atoms with Gasteiger partial charge >= 0.3 is 0 Å². The molecule has 108 valence electrons. The topological polar surface area (TPSA) is 39.1 Å². The Morgan fingerprint density at radius 2 is 1.90 bits per heavy atom. The van der Waals surface area contributed by atoms with Gasteiger partial charge in [-0.3, -0.25) is 0 Å². The van der Waals surface area contributed by atoms with E-state index in [1.54, 1.807) is 7.11 Å². The normalized spacial score (nSPS) is 10.8. The van der Waals surface area contributed by atoms with E-state index in [-0.39, 0.29) is 0 Å². The first-order valence-corrected chi connectivity index (χ1v) is 6.94. The molecule has 0 saturated carbocycles. The number of aryl methyl sites for hydroxylation is 1. The van der Waals surface area contributed by atoms with Crippen molar-refractivity contribution in [2.24, 2.45) is 7.05 Å². The first kappa shape index (κ1) is 14.6. The number of nitrogens with one attached hydrogen (secondary N) is 1. The van der Waals surface area contributed by atoms with E-state index in [9.17, 15) is 0 Å². The maximum absolute atomic E-state index is 5.15. The van der Waals surface area contributed by atoms with Crippen LogP contribution in [-0.4, -0.2) is 23.2 Å². The maximum atomic E-state index is 5.15. The second-order valence-corrected chi connectivity index (χ2v) is 5.03. The minimum atomic E-state index is 0.807. The van der Waals surface area contributed by atoms with Crippen molar-refractivity contribution in [1.82, 2.24) is 14.9 Å². The van der Waals surface area contributed by atoms with Crippen LogP contribution in [0, 0.1) is 13.8 Å². The van der Waals surface area contributed by atoms with Crippen molar-refractivity contribution in [3.05, 3.63) is 47.0 Å². The lowest BCUT2D eigenvalue weighted by Gasteiger charge is -2.06. The van der Waals surface area contributed by atoms with Gasteiger partial charge in [-0.2, -0.15) is 0 Å². The van der Waals surface area contributed by atoms with E-state index in [4.69, 9.17) is 4.74 Å². The monoisotopic (exact) mass is 273 g/mol. The molecule has 2 rings (SSSR count). The van der Waals surface area contributed by atoms with Gasteiger partial charge < -0.3 is 14.6 Å². The van der Waals surface area contributed by atoms with Crippen LogP contribution >= 0.6 is 0 Å². The Hall–Kier alpha value is -1.81. The molecule has 0 aliphatic rings. The smallest absolute Gasteiger partial charge is 0.122 e. The number of methoxy groups -OCH3 is 1. The minimum Gasteiger partial charge on any atom is -0.497 e. The lowest BCUT2D eigenvalue weighted by atomic mass is 10.1. The zero-order valence-electron chi connectivity index (χ0n) is 12.7. The zero-order valence-corrected chi connectivity index (χ0v) is 12.7. The minimum absolute atomic E-state index is 0.807. The highest BCUT2D eigenvalue weighted by Crippen LogP contribution is 2.11. The molecule has 0 aliphatic carbocycles. The summed E-state index contributed by atoms with van der Waals surface area (Å²) < 4.78 is 7.30. The van der Waals surface area contributed by atoms with Gasteiger partial charge in [0.2, 0.25) is 0 Å². The van der Waals surface area contributed by atoms with Crippen molar-refractivity contribution in [2.75, 3.05) is 13.7 Å². The fourth-order valence-corrected chi connectivity index (χ4v) is 2.17. The Morgan fingerprint density at radius 3 is 2.45 bits per heavy atom. The lowest BCUT2D eigenvalue weighted by Crippen LogP contribution is -2.19. The van der Waals surface area contributed by atoms with Gasteiger partial charge in [0.1, 0.15) is 11.6 Å². The fourth-order valence-electron chi connectivity index (χ4n) is 2.17. The third kappa shape index (κ3) is 3.39. The SMILES string of the molecule is COc1ccc(CCNCc2nc(C)c(C)n2C)cc1. The molecule has 1 N–H and O–H groups in total. The molecule has 20 heavy (non-hydrogen) atoms. The summed E-state index contributed by atoms with van der Waals surface area (Å²) in [5.74, 6) is 2.00. The number of benzene rings is 1. The number of rotatable bonds is 6. The number of aromatic nitrogens is 2. The van der Waals surface area contributed by atoms with Crippen molar-refractivity contribution in [2.45, 2.75) is 26.8 Å². The second-order valence-electron chi connectivity index (χ2n) is 5.03. The molecule has 0 fully saturated rings. The summed E-state index contributed by atoms with van der Waals surface area (Å²) in [6, 6.07) is 8.22. The van der Waals surface area contributed by atoms with E-state index in [1.165, 1.54) is 11.3 Å². The van der Waals surface area contributed by atoms with E-state index in [2.05, 4.69) is 47.9 Å². The summed E-state index contributed by atoms with van der Waals surface area (Å²) in [7, 11) is 3.75. The number of imidazole rings is 1. The average Bonchev–Trinajstić information content (AvgIpc) is 2.71. The molecule has 4 nitrogen and oxygen atoms in total. The highest BCUT2D eigenvalue weighted by molar-refractivity contribution is 5.27. The molecule has 0 spiro atoms. The number of nitrogens with zero attached hydrogens (tertiary/aromatic N) is 2. The molecular formula is C16H23N3O. The van der Waals surface area contributed by atoms with Crippen LogP contribution in [0.15, 0.2) is 24.3 Å². The molecule has 4 heteroatoms. The Labute approximate surface area is 120 Å². The summed E-state index contributed by atoms with van der Waals surface area (Å²) in [5, 5.41) is 3.45. The molecule has 0 bridgehead atoms. The Kier molecular flexibility index (Phi) is 4.79. The third-order valence-electron chi connectivity index (χ3n) is 3.74. The van der Waals surface area contributed by atoms with Crippen LogP contribution in [0.2, 0.25) is 0 Å². The van der Waals surface area contributed by atoms with Crippen LogP contribution in [-0.2, 0) is 20.0 Å². The predicted molar refractivity (Wildman–Crippen MR) is 81.1 cm³/mol. The quantitative estimate of drug-likeness (QED) is 0.821. The molecule has 1 aromatic heterocycles. The van der Waals surface area contributed by atoms with Gasteiger partial charge in [0.25, 0.3) is 0 Å². The standard InChI is InChI=1S/C16H23N3O/c1-12-13(2)19(3)16(18-12)11-17-10-9-14-5-7-15(20-4)8-6-14/h5-8,17H,9-11H2,1-4H3. The van der Waals surface area contributed by atoms with Crippen molar-refractivity contribution in [3.63, 3.8) is 0 Å². The van der Waals surface area contributed by atoms with Crippen molar-refractivity contribution < 1.29 is 4.74 Å². The van der Waals surface area contributed by atoms with Gasteiger partial charge in [-0.05, 0) is 44.5 Å². The molecule has 1 heterocycles. The van der Waals surface area contributed by atoms with Gasteiger partial charge in [-0.25, -0.2) is 4.98 Å². The lowest BCUT2D eigenvalue weighted by molar-refractivity contribution is 0.414. The van der Waals surface area contributed by atoms with E-state index in [0.29, 0.717) is 0 Å². The molecule has 0 unspecified atom stereocenters. The second kappa shape index (κ2) is 6.57. The van der Waals surface area contributed by atoms with E-state index in [0.717, 1.165) is 36.8 Å². The summed E-state index contributed by atoms with van der Waals surface area (Å²) in [4.78, 5) is 4.56. The van der Waals surface area contributed by atoms with Crippen molar-refractivity contribution in [3.8, 4) is 5.75 Å². The van der Waals surface area contributed by atoms with Gasteiger partial charge in [-0.15, -0.1) is 0 Å². The Bertz CT molecular complexity index is 558. The largest absolute Gasteiger partial charge is 0.497 e. The molecule has 0 aliphatic heterocycles. The molecule has 1 aromatic carbocycles. The fraction of sp³-hybridized carbons (Fsp3) is 0.438. The third-order valence-corrected chi connectivity index (χ3v) is 3.74. The van der Waals surface area contributed by atoms with Crippen molar-refractivity contribution in [1.29, 1.82) is 0 Å². The zero-order chi connectivity index (χ0) is 14.5. The summed E-state index contributed by atoms with van der Waals surface area (Å²) in [6.07, 6.45) is 1.01. The molecule has 0 atom stereocenters. The molecular weight excluding hydrogens is 250 g/mol. The van der Waals surface area contributed by atoms with E-state index in [1.807, 2.05) is 12.1 Å².